The van der Waals surface area contributed by atoms with Crippen molar-refractivity contribution in [3.05, 3.63) is 47.8 Å². The van der Waals surface area contributed by atoms with Crippen LogP contribution in [0.2, 0.25) is 0 Å². The highest BCUT2D eigenvalue weighted by atomic mass is 15.3. The van der Waals surface area contributed by atoms with Gasteiger partial charge in [-0.2, -0.15) is 5.10 Å². The van der Waals surface area contributed by atoms with Crippen molar-refractivity contribution in [1.82, 2.24) is 9.78 Å². The molecular weight excluding hydrogens is 172 g/mol. The standard InChI is InChI=1S/C12H13N2/c1-3-11-4-6-12(7-5-11)14-9-10(2)8-13-14/h4,6-9H,3H2,1-2H3. The molecule has 2 heteroatoms. The summed E-state index contributed by atoms with van der Waals surface area (Å²) in [4.78, 5) is 0. The van der Waals surface area contributed by atoms with Crippen LogP contribution in [0.4, 0.5) is 0 Å². The second-order valence-electron chi connectivity index (χ2n) is 3.39. The Kier molecular flexibility index (Phi) is 2.35. The molecule has 1 radical (unpaired) electrons. The minimum absolute atomic E-state index is 1.03. The van der Waals surface area contributed by atoms with Gasteiger partial charge in [0.1, 0.15) is 0 Å². The Hall–Kier alpha value is -1.57. The van der Waals surface area contributed by atoms with E-state index in [4.69, 9.17) is 0 Å². The number of hydrogen-bond donors (Lipinski definition) is 0. The molecule has 0 amide bonds. The van der Waals surface area contributed by atoms with Crippen LogP contribution in [-0.2, 0) is 6.42 Å². The Bertz CT molecular complexity index is 412. The van der Waals surface area contributed by atoms with Gasteiger partial charge in [0.25, 0.3) is 0 Å². The fourth-order valence-corrected chi connectivity index (χ4v) is 1.37. The molecule has 14 heavy (non-hydrogen) atoms. The topological polar surface area (TPSA) is 17.8 Å². The predicted molar refractivity (Wildman–Crippen MR) is 56.5 cm³/mol. The van der Waals surface area contributed by atoms with Crippen molar-refractivity contribution in [2.45, 2.75) is 20.3 Å². The molecule has 71 valence electrons. The van der Waals surface area contributed by atoms with Gasteiger partial charge in [-0.3, -0.25) is 0 Å². The minimum atomic E-state index is 1.03. The quantitative estimate of drug-likeness (QED) is 0.703. The summed E-state index contributed by atoms with van der Waals surface area (Å²) in [6.45, 7) is 4.16. The third-order valence-corrected chi connectivity index (χ3v) is 2.22. The highest BCUT2D eigenvalue weighted by Gasteiger charge is 1.97. The molecule has 0 spiro atoms. The average Bonchev–Trinajstić information content (AvgIpc) is 2.65. The normalized spacial score (nSPS) is 10.4. The summed E-state index contributed by atoms with van der Waals surface area (Å²) in [5.41, 5.74) is 3.47. The van der Waals surface area contributed by atoms with E-state index < -0.39 is 0 Å². The van der Waals surface area contributed by atoms with Crippen LogP contribution in [0.3, 0.4) is 0 Å². The molecule has 0 fully saturated rings. The van der Waals surface area contributed by atoms with Gasteiger partial charge in [0.05, 0.1) is 11.9 Å². The van der Waals surface area contributed by atoms with Gasteiger partial charge in [-0.05, 0) is 42.7 Å². The molecule has 0 aliphatic carbocycles. The van der Waals surface area contributed by atoms with Gasteiger partial charge in [0, 0.05) is 6.20 Å². The second-order valence-corrected chi connectivity index (χ2v) is 3.39. The van der Waals surface area contributed by atoms with Crippen molar-refractivity contribution < 1.29 is 0 Å². The van der Waals surface area contributed by atoms with Gasteiger partial charge in [0.2, 0.25) is 0 Å². The molecule has 0 saturated carbocycles. The third kappa shape index (κ3) is 1.69. The molecule has 1 aromatic heterocycles. The number of rotatable bonds is 2. The SMILES string of the molecule is CCc1[c]cc(-n2cc(C)cn2)cc1. The van der Waals surface area contributed by atoms with Gasteiger partial charge in [0.15, 0.2) is 0 Å². The molecule has 0 unspecified atom stereocenters. The van der Waals surface area contributed by atoms with E-state index in [1.165, 1.54) is 11.1 Å². The molecule has 0 aliphatic rings. The molecule has 2 aromatic rings. The first-order valence-electron chi connectivity index (χ1n) is 4.82. The van der Waals surface area contributed by atoms with E-state index in [9.17, 15) is 0 Å². The maximum atomic E-state index is 4.24. The zero-order valence-corrected chi connectivity index (χ0v) is 8.49. The molecule has 1 heterocycles. The summed E-state index contributed by atoms with van der Waals surface area (Å²) in [7, 11) is 0. The molecule has 0 saturated heterocycles. The van der Waals surface area contributed by atoms with Crippen LogP contribution in [0, 0.1) is 13.0 Å². The first-order valence-corrected chi connectivity index (χ1v) is 4.82. The van der Waals surface area contributed by atoms with E-state index in [2.05, 4.69) is 30.2 Å². The number of nitrogens with zero attached hydrogens (tertiary/aromatic N) is 2. The van der Waals surface area contributed by atoms with Gasteiger partial charge in [-0.1, -0.05) is 13.0 Å². The molecule has 2 rings (SSSR count). The Balaban J connectivity index is 2.33. The van der Waals surface area contributed by atoms with Gasteiger partial charge < -0.3 is 0 Å². The first-order chi connectivity index (χ1) is 6.79. The maximum Gasteiger partial charge on any atom is 0.0652 e. The Labute approximate surface area is 84.2 Å². The number of aromatic nitrogens is 2. The van der Waals surface area contributed by atoms with Crippen molar-refractivity contribution in [3.8, 4) is 5.69 Å². The third-order valence-electron chi connectivity index (χ3n) is 2.22. The van der Waals surface area contributed by atoms with Crippen LogP contribution < -0.4 is 0 Å². The van der Waals surface area contributed by atoms with E-state index in [0.29, 0.717) is 0 Å². The van der Waals surface area contributed by atoms with Gasteiger partial charge >= 0.3 is 0 Å². The van der Waals surface area contributed by atoms with Crippen molar-refractivity contribution in [3.63, 3.8) is 0 Å². The lowest BCUT2D eigenvalue weighted by Gasteiger charge is -2.01. The monoisotopic (exact) mass is 185 g/mol. The van der Waals surface area contributed by atoms with E-state index in [-0.39, 0.29) is 0 Å². The van der Waals surface area contributed by atoms with E-state index in [1.807, 2.05) is 30.1 Å². The van der Waals surface area contributed by atoms with Crippen molar-refractivity contribution >= 4 is 0 Å². The van der Waals surface area contributed by atoms with Crippen molar-refractivity contribution in [1.29, 1.82) is 0 Å². The lowest BCUT2D eigenvalue weighted by Crippen LogP contribution is -1.94. The summed E-state index contributed by atoms with van der Waals surface area (Å²) in [6.07, 6.45) is 4.89. The number of hydrogen-bond acceptors (Lipinski definition) is 1. The fourth-order valence-electron chi connectivity index (χ4n) is 1.37. The van der Waals surface area contributed by atoms with Crippen LogP contribution >= 0.6 is 0 Å². The van der Waals surface area contributed by atoms with E-state index in [1.54, 1.807) is 0 Å². The van der Waals surface area contributed by atoms with Crippen LogP contribution in [0.25, 0.3) is 5.69 Å². The van der Waals surface area contributed by atoms with Crippen molar-refractivity contribution in [2.24, 2.45) is 0 Å². The van der Waals surface area contributed by atoms with Gasteiger partial charge in [-0.25, -0.2) is 4.68 Å². The van der Waals surface area contributed by atoms with E-state index >= 15 is 0 Å². The molecule has 0 atom stereocenters. The summed E-state index contributed by atoms with van der Waals surface area (Å²) < 4.78 is 1.87. The highest BCUT2D eigenvalue weighted by Crippen LogP contribution is 2.09. The Morgan fingerprint density at radius 3 is 2.79 bits per heavy atom. The van der Waals surface area contributed by atoms with Crippen molar-refractivity contribution in [2.75, 3.05) is 0 Å². The van der Waals surface area contributed by atoms with Crippen LogP contribution in [0.15, 0.2) is 30.6 Å². The molecular formula is C12H13N2. The fraction of sp³-hybridized carbons (Fsp3) is 0.250. The summed E-state index contributed by atoms with van der Waals surface area (Å²) >= 11 is 0. The molecule has 0 N–H and O–H groups in total. The molecule has 0 aliphatic heterocycles. The molecule has 2 nitrogen and oxygen atoms in total. The molecule has 1 aromatic carbocycles. The lowest BCUT2D eigenvalue weighted by atomic mass is 10.1. The molecule has 0 bridgehead atoms. The smallest absolute Gasteiger partial charge is 0.0652 e. The lowest BCUT2D eigenvalue weighted by molar-refractivity contribution is 0.878. The summed E-state index contributed by atoms with van der Waals surface area (Å²) in [6, 6.07) is 9.37. The second kappa shape index (κ2) is 3.66. The zero-order chi connectivity index (χ0) is 9.97. The largest absolute Gasteiger partial charge is 0.241 e. The number of benzene rings is 1. The maximum absolute atomic E-state index is 4.24. The average molecular weight is 185 g/mol. The van der Waals surface area contributed by atoms with Gasteiger partial charge in [-0.15, -0.1) is 0 Å². The Morgan fingerprint density at radius 1 is 1.43 bits per heavy atom. The number of aryl methyl sites for hydroxylation is 2. The zero-order valence-electron chi connectivity index (χ0n) is 8.49. The summed E-state index contributed by atoms with van der Waals surface area (Å²) in [5.74, 6) is 0. The predicted octanol–water partition coefficient (Wildman–Crippen LogP) is 2.54. The van der Waals surface area contributed by atoms with Crippen LogP contribution in [0.5, 0.6) is 0 Å². The minimum Gasteiger partial charge on any atom is -0.241 e. The summed E-state index contributed by atoms with van der Waals surface area (Å²) in [5, 5.41) is 4.24. The highest BCUT2D eigenvalue weighted by molar-refractivity contribution is 5.33. The van der Waals surface area contributed by atoms with Crippen LogP contribution in [-0.4, -0.2) is 9.78 Å². The van der Waals surface area contributed by atoms with Crippen LogP contribution in [0.1, 0.15) is 18.1 Å². The van der Waals surface area contributed by atoms with E-state index in [0.717, 1.165) is 12.1 Å². The first kappa shape index (κ1) is 9.00. The Morgan fingerprint density at radius 2 is 2.29 bits per heavy atom.